The van der Waals surface area contributed by atoms with E-state index in [2.05, 4.69) is 15.9 Å². The van der Waals surface area contributed by atoms with E-state index in [9.17, 15) is 13.9 Å². The normalized spacial score (nSPS) is 21.2. The first-order valence-corrected chi connectivity index (χ1v) is 6.93. The Hall–Kier alpha value is -1.46. The number of halogens is 3. The molecule has 0 saturated carbocycles. The third kappa shape index (κ3) is 2.43. The maximum Gasteiger partial charge on any atom is 0.159 e. The molecule has 0 aromatic heterocycles. The van der Waals surface area contributed by atoms with Crippen LogP contribution in [0.15, 0.2) is 40.9 Å². The summed E-state index contributed by atoms with van der Waals surface area (Å²) >= 11 is 3.34. The zero-order valence-electron chi connectivity index (χ0n) is 10.3. The van der Waals surface area contributed by atoms with Crippen LogP contribution in [-0.2, 0) is 0 Å². The summed E-state index contributed by atoms with van der Waals surface area (Å²) in [6.45, 7) is 0. The van der Waals surface area contributed by atoms with Gasteiger partial charge in [-0.3, -0.25) is 0 Å². The van der Waals surface area contributed by atoms with Crippen molar-refractivity contribution < 1.29 is 18.6 Å². The summed E-state index contributed by atoms with van der Waals surface area (Å²) in [5.74, 6) is -1.25. The average molecular weight is 341 g/mol. The highest BCUT2D eigenvalue weighted by Crippen LogP contribution is 2.41. The Morgan fingerprint density at radius 2 is 1.90 bits per heavy atom. The van der Waals surface area contributed by atoms with Crippen LogP contribution in [0.2, 0.25) is 0 Å². The van der Waals surface area contributed by atoms with Crippen molar-refractivity contribution in [1.29, 1.82) is 0 Å². The standard InChI is InChI=1S/C15H11BrF2O2/c16-9-2-4-14-10(6-9)13(19)7-15(20-14)8-1-3-11(17)12(18)5-8/h1-6,13,15,19H,7H2/t13-,15?/m1/s1. The molecule has 3 rings (SSSR count). The Labute approximate surface area is 123 Å². The van der Waals surface area contributed by atoms with Crippen molar-refractivity contribution in [3.8, 4) is 5.75 Å². The Morgan fingerprint density at radius 1 is 1.10 bits per heavy atom. The number of aliphatic hydroxyl groups is 1. The lowest BCUT2D eigenvalue weighted by atomic mass is 9.95. The first-order chi connectivity index (χ1) is 9.54. The minimum absolute atomic E-state index is 0.300. The highest BCUT2D eigenvalue weighted by Gasteiger charge is 2.28. The van der Waals surface area contributed by atoms with Crippen LogP contribution in [0.3, 0.4) is 0 Å². The summed E-state index contributed by atoms with van der Waals surface area (Å²) in [5.41, 5.74) is 1.20. The van der Waals surface area contributed by atoms with Gasteiger partial charge in [-0.2, -0.15) is 0 Å². The van der Waals surface area contributed by atoms with Crippen LogP contribution < -0.4 is 4.74 Å². The van der Waals surface area contributed by atoms with Crippen LogP contribution in [0.25, 0.3) is 0 Å². The summed E-state index contributed by atoms with van der Waals surface area (Å²) in [5, 5.41) is 10.2. The van der Waals surface area contributed by atoms with Gasteiger partial charge in [0.15, 0.2) is 11.6 Å². The molecule has 1 aliphatic rings. The number of hydrogen-bond donors (Lipinski definition) is 1. The minimum Gasteiger partial charge on any atom is -0.485 e. The molecule has 0 aliphatic carbocycles. The molecule has 2 aromatic carbocycles. The molecule has 104 valence electrons. The second kappa shape index (κ2) is 5.14. The van der Waals surface area contributed by atoms with Crippen LogP contribution in [0, 0.1) is 11.6 Å². The lowest BCUT2D eigenvalue weighted by Crippen LogP contribution is -2.19. The van der Waals surface area contributed by atoms with Crippen molar-refractivity contribution in [2.45, 2.75) is 18.6 Å². The van der Waals surface area contributed by atoms with E-state index < -0.39 is 23.8 Å². The van der Waals surface area contributed by atoms with Crippen molar-refractivity contribution in [1.82, 2.24) is 0 Å². The molecule has 2 aromatic rings. The molecule has 1 N–H and O–H groups in total. The van der Waals surface area contributed by atoms with Gasteiger partial charge in [0.1, 0.15) is 11.9 Å². The molecular formula is C15H11BrF2O2. The molecule has 1 heterocycles. The predicted molar refractivity (Wildman–Crippen MR) is 73.4 cm³/mol. The van der Waals surface area contributed by atoms with Crippen molar-refractivity contribution in [2.24, 2.45) is 0 Å². The molecular weight excluding hydrogens is 330 g/mol. The molecule has 2 atom stereocenters. The molecule has 5 heteroatoms. The van der Waals surface area contributed by atoms with Gasteiger partial charge in [-0.05, 0) is 35.9 Å². The molecule has 0 radical (unpaired) electrons. The molecule has 0 amide bonds. The smallest absolute Gasteiger partial charge is 0.159 e. The van der Waals surface area contributed by atoms with Gasteiger partial charge in [0.25, 0.3) is 0 Å². The lowest BCUT2D eigenvalue weighted by Gasteiger charge is -2.30. The molecule has 0 fully saturated rings. The van der Waals surface area contributed by atoms with Crippen LogP contribution in [0.1, 0.15) is 29.8 Å². The van der Waals surface area contributed by atoms with Gasteiger partial charge >= 0.3 is 0 Å². The fraction of sp³-hybridized carbons (Fsp3) is 0.200. The summed E-state index contributed by atoms with van der Waals surface area (Å²) in [6.07, 6.45) is -0.891. The number of hydrogen-bond acceptors (Lipinski definition) is 2. The molecule has 1 unspecified atom stereocenters. The Kier molecular flexibility index (Phi) is 3.48. The third-order valence-electron chi connectivity index (χ3n) is 3.35. The predicted octanol–water partition coefficient (Wildman–Crippen LogP) is 4.28. The van der Waals surface area contributed by atoms with Gasteiger partial charge < -0.3 is 9.84 Å². The molecule has 0 bridgehead atoms. The Bertz CT molecular complexity index is 660. The lowest BCUT2D eigenvalue weighted by molar-refractivity contribution is 0.0655. The highest BCUT2D eigenvalue weighted by molar-refractivity contribution is 9.10. The summed E-state index contributed by atoms with van der Waals surface area (Å²) in [6, 6.07) is 8.99. The average Bonchev–Trinajstić information content (AvgIpc) is 2.42. The second-order valence-electron chi connectivity index (χ2n) is 4.71. The van der Waals surface area contributed by atoms with E-state index in [4.69, 9.17) is 4.74 Å². The molecule has 0 saturated heterocycles. The topological polar surface area (TPSA) is 29.5 Å². The van der Waals surface area contributed by atoms with Crippen LogP contribution in [0.5, 0.6) is 5.75 Å². The van der Waals surface area contributed by atoms with Gasteiger partial charge in [-0.15, -0.1) is 0 Å². The molecule has 0 spiro atoms. The second-order valence-corrected chi connectivity index (χ2v) is 5.63. The van der Waals surface area contributed by atoms with E-state index in [0.717, 1.165) is 16.6 Å². The summed E-state index contributed by atoms with van der Waals surface area (Å²) < 4.78 is 32.9. The fourth-order valence-corrected chi connectivity index (χ4v) is 2.71. The van der Waals surface area contributed by atoms with E-state index in [0.29, 0.717) is 23.3 Å². The van der Waals surface area contributed by atoms with Crippen molar-refractivity contribution in [2.75, 3.05) is 0 Å². The van der Waals surface area contributed by atoms with Crippen molar-refractivity contribution >= 4 is 15.9 Å². The minimum atomic E-state index is -0.915. The number of fused-ring (bicyclic) bond motifs is 1. The van der Waals surface area contributed by atoms with Gasteiger partial charge in [0.2, 0.25) is 0 Å². The number of rotatable bonds is 1. The molecule has 20 heavy (non-hydrogen) atoms. The van der Waals surface area contributed by atoms with Crippen LogP contribution >= 0.6 is 15.9 Å². The monoisotopic (exact) mass is 340 g/mol. The first-order valence-electron chi connectivity index (χ1n) is 6.13. The van der Waals surface area contributed by atoms with E-state index in [1.54, 1.807) is 18.2 Å². The van der Waals surface area contributed by atoms with Gasteiger partial charge in [0, 0.05) is 16.5 Å². The van der Waals surface area contributed by atoms with Crippen LogP contribution in [0.4, 0.5) is 8.78 Å². The Morgan fingerprint density at radius 3 is 2.65 bits per heavy atom. The maximum absolute atomic E-state index is 13.3. The summed E-state index contributed by atoms with van der Waals surface area (Å²) in [7, 11) is 0. The number of ether oxygens (including phenoxy) is 1. The van der Waals surface area contributed by atoms with E-state index >= 15 is 0 Å². The Balaban J connectivity index is 1.94. The van der Waals surface area contributed by atoms with E-state index in [1.165, 1.54) is 6.07 Å². The third-order valence-corrected chi connectivity index (χ3v) is 3.85. The zero-order valence-corrected chi connectivity index (χ0v) is 11.9. The fourth-order valence-electron chi connectivity index (χ4n) is 2.33. The highest BCUT2D eigenvalue weighted by atomic mass is 79.9. The molecule has 1 aliphatic heterocycles. The molecule has 2 nitrogen and oxygen atoms in total. The van der Waals surface area contributed by atoms with Gasteiger partial charge in [-0.1, -0.05) is 22.0 Å². The van der Waals surface area contributed by atoms with Crippen molar-refractivity contribution in [3.05, 3.63) is 63.6 Å². The SMILES string of the molecule is O[C@@H]1CC(c2ccc(F)c(F)c2)Oc2ccc(Br)cc21. The van der Waals surface area contributed by atoms with E-state index in [-0.39, 0.29) is 0 Å². The van der Waals surface area contributed by atoms with Gasteiger partial charge in [0.05, 0.1) is 6.10 Å². The van der Waals surface area contributed by atoms with E-state index in [1.807, 2.05) is 0 Å². The number of aliphatic hydroxyl groups excluding tert-OH is 1. The largest absolute Gasteiger partial charge is 0.485 e. The van der Waals surface area contributed by atoms with Gasteiger partial charge in [-0.25, -0.2) is 8.78 Å². The zero-order chi connectivity index (χ0) is 14.3. The first kappa shape index (κ1) is 13.5. The number of benzene rings is 2. The van der Waals surface area contributed by atoms with Crippen LogP contribution in [-0.4, -0.2) is 5.11 Å². The quantitative estimate of drug-likeness (QED) is 0.839. The van der Waals surface area contributed by atoms with Crippen molar-refractivity contribution in [3.63, 3.8) is 0 Å². The summed E-state index contributed by atoms with van der Waals surface area (Å²) in [4.78, 5) is 0. The maximum atomic E-state index is 13.3.